The molecular weight excluding hydrogens is 781 g/mol. The summed E-state index contributed by atoms with van der Waals surface area (Å²) in [4.78, 5) is 65.6. The minimum atomic E-state index is -1.24. The number of aromatic nitrogens is 2. The molecule has 57 heavy (non-hydrogen) atoms. The lowest BCUT2D eigenvalue weighted by Crippen LogP contribution is -2.42. The Morgan fingerprint density at radius 3 is 2.53 bits per heavy atom. The van der Waals surface area contributed by atoms with Crippen molar-refractivity contribution in [2.45, 2.75) is 141 Å². The normalized spacial score (nSPS) is 27.8. The van der Waals surface area contributed by atoms with Gasteiger partial charge in [0.2, 0.25) is 5.91 Å². The second kappa shape index (κ2) is 23.2. The highest BCUT2D eigenvalue weighted by Crippen LogP contribution is 2.51. The third-order valence-corrected chi connectivity index (χ3v) is 13.7. The van der Waals surface area contributed by atoms with Crippen molar-refractivity contribution in [3.05, 3.63) is 22.7 Å². The van der Waals surface area contributed by atoms with E-state index in [9.17, 15) is 34.2 Å². The van der Waals surface area contributed by atoms with Crippen molar-refractivity contribution in [3.8, 4) is 0 Å². The van der Waals surface area contributed by atoms with E-state index in [0.29, 0.717) is 36.4 Å². The molecule has 322 valence electrons. The van der Waals surface area contributed by atoms with Gasteiger partial charge in [0, 0.05) is 48.6 Å². The fourth-order valence-corrected chi connectivity index (χ4v) is 10.4. The van der Waals surface area contributed by atoms with Gasteiger partial charge in [0.05, 0.1) is 25.7 Å². The first-order chi connectivity index (χ1) is 27.3. The number of anilines is 1. The van der Waals surface area contributed by atoms with Crippen molar-refractivity contribution in [2.75, 3.05) is 43.7 Å². The van der Waals surface area contributed by atoms with Gasteiger partial charge in [0.15, 0.2) is 6.23 Å². The number of aliphatic hydroxyl groups excluding tert-OH is 2. The van der Waals surface area contributed by atoms with Crippen LogP contribution >= 0.6 is 21.6 Å². The number of amides is 1. The number of nitrogen functional groups attached to an aromatic ring is 1. The topological polar surface area (TPSA) is 228 Å². The molecule has 2 saturated heterocycles. The SMILES string of the molecule is CCCCOC(CO[C@H]1C(O)[C@@H](CO)O[C@H]1n1ccc(N)nc1=O)CSSCC(COC(=O)CCCC[C@@H]1CCC2(CC)NC(=O)C(C)C12)OC(=O)CCC(C)=O. The molecule has 1 aromatic rings. The standard InChI is InChI=1S/C39H62N4O12S2/c1-5-7-18-51-27(20-53-35-34(48)29(19-44)55-37(35)43-17-15-30(40)41-38(43)50)22-56-57-23-28(54-32(47)13-12-24(3)45)21-52-31(46)11-9-8-10-26-14-16-39(6-2)33(26)25(4)36(49)42-39/h15,17,25-29,33-35,37,44,48H,5-14,16,18-23H2,1-4H3,(H,42,49)(H2,40,41,50)/t25?,26-,27?,28?,29-,33?,34?,35+,37-,39?/m1/s1. The number of hydrogen-bond acceptors (Lipinski definition) is 16. The van der Waals surface area contributed by atoms with Crippen molar-refractivity contribution in [1.29, 1.82) is 0 Å². The van der Waals surface area contributed by atoms with Crippen LogP contribution in [0.15, 0.2) is 17.1 Å². The monoisotopic (exact) mass is 842 g/mol. The average molecular weight is 843 g/mol. The van der Waals surface area contributed by atoms with Crippen LogP contribution in [0.25, 0.3) is 0 Å². The first kappa shape index (κ1) is 46.9. The number of nitrogens with one attached hydrogen (secondary N) is 1. The van der Waals surface area contributed by atoms with Crippen molar-refractivity contribution >= 4 is 51.0 Å². The Bertz CT molecular complexity index is 1540. The highest BCUT2D eigenvalue weighted by Gasteiger charge is 2.56. The molecule has 1 amide bonds. The molecule has 5 N–H and O–H groups in total. The zero-order valence-corrected chi connectivity index (χ0v) is 35.3. The van der Waals surface area contributed by atoms with Crippen LogP contribution in [0, 0.1) is 17.8 Å². The summed E-state index contributed by atoms with van der Waals surface area (Å²) >= 11 is 0. The fraction of sp³-hybridized carbons (Fsp3) is 0.795. The first-order valence-electron chi connectivity index (χ1n) is 20.3. The van der Waals surface area contributed by atoms with Crippen molar-refractivity contribution in [1.82, 2.24) is 14.9 Å². The number of carbonyl (C=O) groups is 4. The summed E-state index contributed by atoms with van der Waals surface area (Å²) in [7, 11) is 2.84. The van der Waals surface area contributed by atoms with E-state index in [2.05, 4.69) is 17.2 Å². The second-order valence-electron chi connectivity index (χ2n) is 15.3. The van der Waals surface area contributed by atoms with Gasteiger partial charge in [0.1, 0.15) is 42.6 Å². The Labute approximate surface area is 342 Å². The second-order valence-corrected chi connectivity index (χ2v) is 17.9. The van der Waals surface area contributed by atoms with Gasteiger partial charge in [-0.05, 0) is 56.9 Å². The number of aliphatic hydroxyl groups is 2. The Kier molecular flexibility index (Phi) is 19.1. The number of nitrogens with two attached hydrogens (primary N) is 1. The number of ether oxygens (including phenoxy) is 5. The van der Waals surface area contributed by atoms with E-state index in [1.165, 1.54) is 40.8 Å². The molecule has 3 heterocycles. The number of rotatable bonds is 26. The van der Waals surface area contributed by atoms with Gasteiger partial charge in [0.25, 0.3) is 0 Å². The Morgan fingerprint density at radius 2 is 1.84 bits per heavy atom. The summed E-state index contributed by atoms with van der Waals surface area (Å²) in [5.74, 6) is 0.618. The van der Waals surface area contributed by atoms with Gasteiger partial charge in [-0.15, -0.1) is 0 Å². The molecule has 1 aromatic heterocycles. The minimum Gasteiger partial charge on any atom is -0.462 e. The van der Waals surface area contributed by atoms with Crippen LogP contribution in [-0.4, -0.2) is 117 Å². The van der Waals surface area contributed by atoms with Crippen LogP contribution in [0.1, 0.15) is 105 Å². The molecule has 6 unspecified atom stereocenters. The van der Waals surface area contributed by atoms with Crippen LogP contribution in [0.4, 0.5) is 5.82 Å². The van der Waals surface area contributed by atoms with E-state index in [1.807, 2.05) is 13.8 Å². The largest absolute Gasteiger partial charge is 0.462 e. The smallest absolute Gasteiger partial charge is 0.351 e. The molecule has 10 atom stereocenters. The zero-order valence-electron chi connectivity index (χ0n) is 33.6. The number of esters is 2. The molecule has 18 heteroatoms. The average Bonchev–Trinajstić information content (AvgIpc) is 3.79. The highest BCUT2D eigenvalue weighted by molar-refractivity contribution is 8.76. The summed E-state index contributed by atoms with van der Waals surface area (Å²) in [5, 5.41) is 23.9. The molecule has 1 aliphatic carbocycles. The first-order valence-corrected chi connectivity index (χ1v) is 22.7. The third-order valence-electron chi connectivity index (χ3n) is 11.2. The summed E-state index contributed by atoms with van der Waals surface area (Å²) in [6.45, 7) is 7.49. The molecular formula is C39H62N4O12S2. The maximum atomic E-state index is 12.8. The van der Waals surface area contributed by atoms with Crippen LogP contribution in [-0.2, 0) is 42.9 Å². The van der Waals surface area contributed by atoms with E-state index in [1.54, 1.807) is 0 Å². The van der Waals surface area contributed by atoms with Crippen LogP contribution < -0.4 is 16.7 Å². The van der Waals surface area contributed by atoms with Crippen molar-refractivity contribution in [2.24, 2.45) is 17.8 Å². The van der Waals surface area contributed by atoms with Crippen molar-refractivity contribution in [3.63, 3.8) is 0 Å². The summed E-state index contributed by atoms with van der Waals surface area (Å²) in [6.07, 6.45) is 3.30. The van der Waals surface area contributed by atoms with E-state index in [0.717, 1.165) is 49.5 Å². The summed E-state index contributed by atoms with van der Waals surface area (Å²) in [5.41, 5.74) is 4.86. The minimum absolute atomic E-state index is 0.00270. The molecule has 3 fully saturated rings. The maximum Gasteiger partial charge on any atom is 0.351 e. The van der Waals surface area contributed by atoms with E-state index in [-0.39, 0.29) is 67.4 Å². The summed E-state index contributed by atoms with van der Waals surface area (Å²) < 4.78 is 30.4. The van der Waals surface area contributed by atoms with Gasteiger partial charge >= 0.3 is 17.6 Å². The number of ketones is 1. The number of fused-ring (bicyclic) bond motifs is 1. The molecule has 3 aliphatic rings. The van der Waals surface area contributed by atoms with Gasteiger partial charge in [-0.3, -0.25) is 19.0 Å². The predicted octanol–water partition coefficient (Wildman–Crippen LogP) is 3.35. The predicted molar refractivity (Wildman–Crippen MR) is 215 cm³/mol. The van der Waals surface area contributed by atoms with Gasteiger partial charge < -0.3 is 49.7 Å². The number of Topliss-reactive ketones (excluding diaryl/α,β-unsaturated/α-hetero) is 1. The van der Waals surface area contributed by atoms with E-state index >= 15 is 0 Å². The lowest BCUT2D eigenvalue weighted by molar-refractivity contribution is -0.158. The number of carbonyl (C=O) groups excluding carboxylic acids is 4. The molecule has 0 bridgehead atoms. The Balaban J connectivity index is 1.26. The molecule has 2 aliphatic heterocycles. The molecule has 0 radical (unpaired) electrons. The van der Waals surface area contributed by atoms with Crippen LogP contribution in [0.3, 0.4) is 0 Å². The molecule has 0 spiro atoms. The van der Waals surface area contributed by atoms with Gasteiger partial charge in [-0.25, -0.2) is 4.79 Å². The van der Waals surface area contributed by atoms with E-state index in [4.69, 9.17) is 29.4 Å². The quantitative estimate of drug-likeness (QED) is 0.0596. The van der Waals surface area contributed by atoms with Crippen LogP contribution in [0.2, 0.25) is 0 Å². The highest BCUT2D eigenvalue weighted by atomic mass is 33.1. The lowest BCUT2D eigenvalue weighted by Gasteiger charge is -2.31. The molecule has 4 rings (SSSR count). The number of unbranched alkanes of at least 4 members (excludes halogenated alkanes) is 2. The van der Waals surface area contributed by atoms with Crippen molar-refractivity contribution < 1.29 is 53.1 Å². The van der Waals surface area contributed by atoms with Crippen LogP contribution in [0.5, 0.6) is 0 Å². The Morgan fingerprint density at radius 1 is 1.09 bits per heavy atom. The Hall–Kier alpha value is -2.74. The molecule has 16 nitrogen and oxygen atoms in total. The van der Waals surface area contributed by atoms with Gasteiger partial charge in [-0.1, -0.05) is 61.6 Å². The zero-order chi connectivity index (χ0) is 41.5. The molecule has 1 saturated carbocycles. The fourth-order valence-electron chi connectivity index (χ4n) is 8.09. The number of hydrogen-bond donors (Lipinski definition) is 4. The molecule has 0 aromatic carbocycles. The summed E-state index contributed by atoms with van der Waals surface area (Å²) in [6, 6.07) is 1.42. The van der Waals surface area contributed by atoms with E-state index < -0.39 is 55.0 Å². The van der Waals surface area contributed by atoms with Gasteiger partial charge in [-0.2, -0.15) is 4.98 Å². The number of nitrogens with zero attached hydrogens (tertiary/aromatic N) is 2. The third kappa shape index (κ3) is 13.4. The lowest BCUT2D eigenvalue weighted by atomic mass is 9.76. The maximum absolute atomic E-state index is 12.8.